The first kappa shape index (κ1) is 17.5. The zero-order chi connectivity index (χ0) is 19.0. The van der Waals surface area contributed by atoms with Gasteiger partial charge in [0, 0.05) is 24.1 Å². The van der Waals surface area contributed by atoms with Crippen LogP contribution in [-0.4, -0.2) is 11.7 Å². The van der Waals surface area contributed by atoms with Crippen molar-refractivity contribution in [3.8, 4) is 0 Å². The van der Waals surface area contributed by atoms with E-state index in [2.05, 4.69) is 5.32 Å². The minimum absolute atomic E-state index is 0.0415. The second-order valence-electron chi connectivity index (χ2n) is 6.88. The van der Waals surface area contributed by atoms with E-state index >= 15 is 0 Å². The summed E-state index contributed by atoms with van der Waals surface area (Å²) in [5.41, 5.74) is 3.76. The number of fused-ring (bicyclic) bond motifs is 1. The lowest BCUT2D eigenvalue weighted by molar-refractivity contribution is -0.118. The van der Waals surface area contributed by atoms with E-state index in [1.54, 1.807) is 17.0 Å². The highest BCUT2D eigenvalue weighted by Gasteiger charge is 2.38. The molecule has 0 fully saturated rings. The Balaban J connectivity index is 1.99. The molecule has 0 radical (unpaired) electrons. The Morgan fingerprint density at radius 2 is 1.89 bits per heavy atom. The number of rotatable bonds is 2. The lowest BCUT2D eigenvalue weighted by atomic mass is 9.85. The van der Waals surface area contributed by atoms with Gasteiger partial charge in [0.15, 0.2) is 5.78 Å². The van der Waals surface area contributed by atoms with E-state index in [1.165, 1.54) is 12.1 Å². The third-order valence-corrected chi connectivity index (χ3v) is 5.19. The topological polar surface area (TPSA) is 49.4 Å². The minimum atomic E-state index is -0.558. The number of amides is 1. The molecule has 0 aromatic heterocycles. The lowest BCUT2D eigenvalue weighted by Gasteiger charge is -2.33. The molecule has 0 bridgehead atoms. The van der Waals surface area contributed by atoms with E-state index in [4.69, 9.17) is 0 Å². The average molecular weight is 364 g/mol. The molecule has 2 aromatic carbocycles. The summed E-state index contributed by atoms with van der Waals surface area (Å²) >= 11 is 0. The molecule has 27 heavy (non-hydrogen) atoms. The molecule has 0 saturated heterocycles. The van der Waals surface area contributed by atoms with E-state index in [1.807, 2.05) is 31.2 Å². The Morgan fingerprint density at radius 1 is 1.15 bits per heavy atom. The summed E-state index contributed by atoms with van der Waals surface area (Å²) in [6, 6.07) is 13.1. The van der Waals surface area contributed by atoms with Gasteiger partial charge in [-0.2, -0.15) is 0 Å². The Morgan fingerprint density at radius 3 is 2.63 bits per heavy atom. The van der Waals surface area contributed by atoms with Crippen molar-refractivity contribution in [2.24, 2.45) is 0 Å². The van der Waals surface area contributed by atoms with Crippen molar-refractivity contribution < 1.29 is 14.0 Å². The molecule has 0 saturated carbocycles. The highest BCUT2D eigenvalue weighted by atomic mass is 19.1. The van der Waals surface area contributed by atoms with Gasteiger partial charge in [-0.05, 0) is 42.7 Å². The van der Waals surface area contributed by atoms with Crippen LogP contribution in [0.2, 0.25) is 0 Å². The number of nitrogens with zero attached hydrogens (tertiary/aromatic N) is 1. The lowest BCUT2D eigenvalue weighted by Crippen LogP contribution is -2.37. The summed E-state index contributed by atoms with van der Waals surface area (Å²) in [7, 11) is 0. The van der Waals surface area contributed by atoms with E-state index in [0.717, 1.165) is 35.5 Å². The third-order valence-electron chi connectivity index (χ3n) is 5.19. The van der Waals surface area contributed by atoms with Crippen LogP contribution in [-0.2, 0) is 9.59 Å². The molecule has 1 amide bonds. The molecule has 2 aliphatic rings. The Kier molecular flexibility index (Phi) is 4.52. The SMILES string of the molecule is CCC(=O)N1c2ccccc2NC2=C(C(=O)CCC2)C1c1ccc(F)cc1. The summed E-state index contributed by atoms with van der Waals surface area (Å²) in [5.74, 6) is -0.381. The van der Waals surface area contributed by atoms with Crippen molar-refractivity contribution in [2.45, 2.75) is 38.6 Å². The molecule has 2 aromatic rings. The molecule has 1 N–H and O–H groups in total. The zero-order valence-electron chi connectivity index (χ0n) is 15.2. The summed E-state index contributed by atoms with van der Waals surface area (Å²) < 4.78 is 13.5. The predicted molar refractivity (Wildman–Crippen MR) is 103 cm³/mol. The first-order chi connectivity index (χ1) is 13.1. The number of benzene rings is 2. The van der Waals surface area contributed by atoms with Gasteiger partial charge in [0.2, 0.25) is 5.91 Å². The second kappa shape index (κ2) is 6.99. The van der Waals surface area contributed by atoms with Crippen LogP contribution in [0.15, 0.2) is 59.8 Å². The van der Waals surface area contributed by atoms with Gasteiger partial charge in [-0.1, -0.05) is 31.2 Å². The first-order valence-electron chi connectivity index (χ1n) is 9.30. The van der Waals surface area contributed by atoms with Gasteiger partial charge < -0.3 is 5.32 Å². The second-order valence-corrected chi connectivity index (χ2v) is 6.88. The monoisotopic (exact) mass is 364 g/mol. The normalized spacial score (nSPS) is 19.1. The minimum Gasteiger partial charge on any atom is -0.357 e. The number of carbonyl (C=O) groups excluding carboxylic acids is 2. The smallest absolute Gasteiger partial charge is 0.227 e. The molecule has 4 nitrogen and oxygen atoms in total. The number of allylic oxidation sites excluding steroid dienone is 1. The molecule has 5 heteroatoms. The maximum atomic E-state index is 13.5. The summed E-state index contributed by atoms with van der Waals surface area (Å²) in [5, 5.41) is 3.40. The first-order valence-corrected chi connectivity index (χ1v) is 9.30. The Bertz CT molecular complexity index is 934. The molecule has 1 atom stereocenters. The molecule has 1 unspecified atom stereocenters. The van der Waals surface area contributed by atoms with Crippen LogP contribution >= 0.6 is 0 Å². The Hall–Kier alpha value is -2.95. The van der Waals surface area contributed by atoms with E-state index in [0.29, 0.717) is 18.4 Å². The quantitative estimate of drug-likeness (QED) is 0.837. The van der Waals surface area contributed by atoms with E-state index < -0.39 is 6.04 Å². The highest BCUT2D eigenvalue weighted by molar-refractivity contribution is 6.06. The van der Waals surface area contributed by atoms with Crippen molar-refractivity contribution >= 4 is 23.1 Å². The van der Waals surface area contributed by atoms with Crippen molar-refractivity contribution in [3.63, 3.8) is 0 Å². The molecular weight excluding hydrogens is 343 g/mol. The molecule has 1 aliphatic heterocycles. The van der Waals surface area contributed by atoms with Crippen molar-refractivity contribution in [1.29, 1.82) is 0 Å². The highest BCUT2D eigenvalue weighted by Crippen LogP contribution is 2.44. The number of hydrogen-bond donors (Lipinski definition) is 1. The molecule has 138 valence electrons. The third kappa shape index (κ3) is 3.03. The standard InChI is InChI=1S/C22H21FN2O2/c1-2-20(27)25-18-8-4-3-6-16(18)24-17-7-5-9-19(26)21(17)22(25)14-10-12-15(23)13-11-14/h3-4,6,8,10-13,22,24H,2,5,7,9H2,1H3. The number of nitrogens with one attached hydrogen (secondary N) is 1. The average Bonchev–Trinajstić information content (AvgIpc) is 2.83. The van der Waals surface area contributed by atoms with Gasteiger partial charge in [-0.3, -0.25) is 14.5 Å². The number of hydrogen-bond acceptors (Lipinski definition) is 3. The molecule has 1 heterocycles. The van der Waals surface area contributed by atoms with Gasteiger partial charge in [-0.15, -0.1) is 0 Å². The predicted octanol–water partition coefficient (Wildman–Crippen LogP) is 4.74. The van der Waals surface area contributed by atoms with Crippen LogP contribution in [0.1, 0.15) is 44.2 Å². The van der Waals surface area contributed by atoms with E-state index in [-0.39, 0.29) is 17.5 Å². The molecule has 1 aliphatic carbocycles. The van der Waals surface area contributed by atoms with Crippen LogP contribution < -0.4 is 10.2 Å². The fourth-order valence-electron chi connectivity index (χ4n) is 3.94. The maximum Gasteiger partial charge on any atom is 0.227 e. The molecule has 4 rings (SSSR count). The zero-order valence-corrected chi connectivity index (χ0v) is 15.2. The summed E-state index contributed by atoms with van der Waals surface area (Å²) in [6.07, 6.45) is 2.30. The van der Waals surface area contributed by atoms with Gasteiger partial charge in [0.25, 0.3) is 0 Å². The number of ketones is 1. The van der Waals surface area contributed by atoms with E-state index in [9.17, 15) is 14.0 Å². The van der Waals surface area contributed by atoms with Gasteiger partial charge >= 0.3 is 0 Å². The molecule has 0 spiro atoms. The van der Waals surface area contributed by atoms with Crippen LogP contribution in [0.4, 0.5) is 15.8 Å². The largest absolute Gasteiger partial charge is 0.357 e. The van der Waals surface area contributed by atoms with Crippen molar-refractivity contribution in [1.82, 2.24) is 0 Å². The van der Waals surface area contributed by atoms with Crippen LogP contribution in [0, 0.1) is 5.82 Å². The number of carbonyl (C=O) groups is 2. The fourth-order valence-corrected chi connectivity index (χ4v) is 3.94. The van der Waals surface area contributed by atoms with Gasteiger partial charge in [0.05, 0.1) is 17.4 Å². The Labute approximate surface area is 157 Å². The maximum absolute atomic E-state index is 13.5. The van der Waals surface area contributed by atoms with Crippen molar-refractivity contribution in [3.05, 3.63) is 71.2 Å². The summed E-state index contributed by atoms with van der Waals surface area (Å²) in [6.45, 7) is 1.81. The van der Waals surface area contributed by atoms with Crippen LogP contribution in [0.5, 0.6) is 0 Å². The number of halogens is 1. The van der Waals surface area contributed by atoms with Crippen molar-refractivity contribution in [2.75, 3.05) is 10.2 Å². The van der Waals surface area contributed by atoms with Gasteiger partial charge in [0.1, 0.15) is 5.82 Å². The van der Waals surface area contributed by atoms with Crippen LogP contribution in [0.25, 0.3) is 0 Å². The van der Waals surface area contributed by atoms with Crippen LogP contribution in [0.3, 0.4) is 0 Å². The molecular formula is C22H21FN2O2. The number of anilines is 2. The number of Topliss-reactive ketones (excluding diaryl/α,β-unsaturated/α-hetero) is 1. The fraction of sp³-hybridized carbons (Fsp3) is 0.273. The number of para-hydroxylation sites is 2. The summed E-state index contributed by atoms with van der Waals surface area (Å²) in [4.78, 5) is 27.6. The van der Waals surface area contributed by atoms with Gasteiger partial charge in [-0.25, -0.2) is 4.39 Å².